The van der Waals surface area contributed by atoms with Crippen LogP contribution in [0.25, 0.3) is 21.0 Å². The van der Waals surface area contributed by atoms with Crippen molar-refractivity contribution in [1.82, 2.24) is 8.87 Å². The smallest absolute Gasteiger partial charge is 0.326 e. The van der Waals surface area contributed by atoms with Crippen molar-refractivity contribution in [2.45, 2.75) is 38.1 Å². The van der Waals surface area contributed by atoms with Crippen molar-refractivity contribution >= 4 is 54.2 Å². The molecule has 1 aliphatic rings. The minimum absolute atomic E-state index is 0.0794. The third kappa shape index (κ3) is 5.16. The molecule has 0 atom stereocenters. The number of aromatic nitrogens is 1. The number of fused-ring (bicyclic) bond motifs is 3. The molecule has 0 spiro atoms. The maximum atomic E-state index is 13.2. The number of carbonyl (C=O) groups excluding carboxylic acids is 2. The van der Waals surface area contributed by atoms with Crippen LogP contribution >= 0.6 is 11.3 Å². The third-order valence-corrected chi connectivity index (χ3v) is 9.89. The first-order chi connectivity index (χ1) is 18.3. The molecule has 0 radical (unpaired) electrons. The Morgan fingerprint density at radius 2 is 1.74 bits per heavy atom. The third-order valence-electron chi connectivity index (χ3n) is 6.85. The van der Waals surface area contributed by atoms with Gasteiger partial charge < -0.3 is 9.30 Å². The average Bonchev–Trinajstić information content (AvgIpc) is 3.26. The molecule has 8 nitrogen and oxygen atoms in total. The lowest BCUT2D eigenvalue weighted by Crippen LogP contribution is -2.37. The molecule has 0 aliphatic carbocycles. The van der Waals surface area contributed by atoms with Gasteiger partial charge in [0.25, 0.3) is 5.91 Å². The number of benzene rings is 3. The van der Waals surface area contributed by atoms with Crippen LogP contribution < -0.4 is 4.80 Å². The molecule has 1 aromatic heterocycles. The highest BCUT2D eigenvalue weighted by Gasteiger charge is 2.28. The Bertz CT molecular complexity index is 1680. The van der Waals surface area contributed by atoms with Crippen molar-refractivity contribution in [3.05, 3.63) is 71.0 Å². The Morgan fingerprint density at radius 1 is 1.03 bits per heavy atom. The zero-order valence-electron chi connectivity index (χ0n) is 21.3. The highest BCUT2D eigenvalue weighted by Crippen LogP contribution is 2.28. The number of ether oxygens (including phenoxy) is 1. The van der Waals surface area contributed by atoms with E-state index in [0.717, 1.165) is 33.8 Å². The van der Waals surface area contributed by atoms with Gasteiger partial charge in [-0.3, -0.25) is 9.59 Å². The molecule has 0 bridgehead atoms. The van der Waals surface area contributed by atoms with E-state index in [1.165, 1.54) is 39.9 Å². The highest BCUT2D eigenvalue weighted by atomic mass is 32.2. The second-order valence-electron chi connectivity index (χ2n) is 9.44. The number of esters is 1. The van der Waals surface area contributed by atoms with Gasteiger partial charge in [0.2, 0.25) is 10.0 Å². The first-order valence-corrected chi connectivity index (χ1v) is 14.9. The summed E-state index contributed by atoms with van der Waals surface area (Å²) in [5, 5.41) is 2.05. The monoisotopic (exact) mass is 551 g/mol. The SMILES string of the molecule is CCOC(=O)Cn1c(=NC(=O)c2ccc(S(=O)(=O)N3CCC(C)CC3)cc2)sc2c3ccccc3ccc21. The number of thiazole rings is 1. The molecule has 1 saturated heterocycles. The van der Waals surface area contributed by atoms with Crippen LogP contribution in [0.1, 0.15) is 37.0 Å². The summed E-state index contributed by atoms with van der Waals surface area (Å²) < 4.78 is 35.4. The average molecular weight is 552 g/mol. The molecule has 2 heterocycles. The van der Waals surface area contributed by atoms with E-state index in [1.54, 1.807) is 11.5 Å². The van der Waals surface area contributed by atoms with Crippen LogP contribution in [0.5, 0.6) is 0 Å². The Balaban J connectivity index is 1.50. The number of hydrogen-bond acceptors (Lipinski definition) is 6. The van der Waals surface area contributed by atoms with E-state index in [2.05, 4.69) is 11.9 Å². The zero-order valence-corrected chi connectivity index (χ0v) is 22.9. The minimum Gasteiger partial charge on any atom is -0.465 e. The number of hydrogen-bond donors (Lipinski definition) is 0. The summed E-state index contributed by atoms with van der Waals surface area (Å²) in [6.45, 7) is 5.04. The van der Waals surface area contributed by atoms with Crippen LogP contribution in [-0.4, -0.2) is 48.9 Å². The van der Waals surface area contributed by atoms with Gasteiger partial charge in [0.1, 0.15) is 6.54 Å². The molecule has 3 aromatic carbocycles. The summed E-state index contributed by atoms with van der Waals surface area (Å²) in [7, 11) is -3.61. The van der Waals surface area contributed by atoms with Crippen LogP contribution in [0.15, 0.2) is 70.6 Å². The summed E-state index contributed by atoms with van der Waals surface area (Å²) in [5.74, 6) is -0.424. The second kappa shape index (κ2) is 10.8. The maximum absolute atomic E-state index is 13.2. The number of piperidine rings is 1. The van der Waals surface area contributed by atoms with Gasteiger partial charge in [0.15, 0.2) is 4.80 Å². The second-order valence-corrected chi connectivity index (χ2v) is 12.4. The van der Waals surface area contributed by atoms with E-state index >= 15 is 0 Å². The molecule has 5 rings (SSSR count). The Labute approximate surface area is 225 Å². The van der Waals surface area contributed by atoms with E-state index in [-0.39, 0.29) is 23.6 Å². The molecule has 1 aliphatic heterocycles. The summed E-state index contributed by atoms with van der Waals surface area (Å²) >= 11 is 1.33. The van der Waals surface area contributed by atoms with E-state index in [9.17, 15) is 18.0 Å². The van der Waals surface area contributed by atoms with Crippen LogP contribution in [-0.2, 0) is 26.1 Å². The topological polar surface area (TPSA) is 98.0 Å². The summed E-state index contributed by atoms with van der Waals surface area (Å²) in [6.07, 6.45) is 1.68. The van der Waals surface area contributed by atoms with Crippen LogP contribution in [0.4, 0.5) is 0 Å². The molecule has 38 heavy (non-hydrogen) atoms. The summed E-state index contributed by atoms with van der Waals surface area (Å²) in [5.41, 5.74) is 1.05. The van der Waals surface area contributed by atoms with Crippen molar-refractivity contribution in [2.75, 3.05) is 19.7 Å². The number of amides is 1. The molecule has 0 unspecified atom stereocenters. The Kier molecular flexibility index (Phi) is 7.47. The maximum Gasteiger partial charge on any atom is 0.326 e. The predicted octanol–water partition coefficient (Wildman–Crippen LogP) is 4.58. The van der Waals surface area contributed by atoms with Crippen LogP contribution in [0.2, 0.25) is 0 Å². The number of nitrogens with zero attached hydrogens (tertiary/aromatic N) is 3. The van der Waals surface area contributed by atoms with E-state index in [4.69, 9.17) is 4.74 Å². The largest absolute Gasteiger partial charge is 0.465 e. The lowest BCUT2D eigenvalue weighted by atomic mass is 10.0. The molecule has 198 valence electrons. The van der Waals surface area contributed by atoms with Gasteiger partial charge in [-0.15, -0.1) is 0 Å². The number of sulfonamides is 1. The molecule has 0 saturated carbocycles. The van der Waals surface area contributed by atoms with Crippen LogP contribution in [0.3, 0.4) is 0 Å². The van der Waals surface area contributed by atoms with Crippen molar-refractivity contribution in [1.29, 1.82) is 0 Å². The zero-order chi connectivity index (χ0) is 26.9. The first kappa shape index (κ1) is 26.3. The van der Waals surface area contributed by atoms with E-state index in [1.807, 2.05) is 36.4 Å². The first-order valence-electron chi connectivity index (χ1n) is 12.6. The summed E-state index contributed by atoms with van der Waals surface area (Å²) in [4.78, 5) is 30.4. The molecular weight excluding hydrogens is 522 g/mol. The Hall–Kier alpha value is -3.34. The molecule has 1 amide bonds. The lowest BCUT2D eigenvalue weighted by molar-refractivity contribution is -0.143. The fourth-order valence-corrected chi connectivity index (χ4v) is 7.30. The number of rotatable bonds is 6. The summed E-state index contributed by atoms with van der Waals surface area (Å²) in [6, 6.07) is 17.7. The number of carbonyl (C=O) groups is 2. The van der Waals surface area contributed by atoms with Gasteiger partial charge in [-0.2, -0.15) is 9.30 Å². The molecular formula is C28H29N3O5S2. The normalized spacial score (nSPS) is 15.8. The quantitative estimate of drug-likeness (QED) is 0.327. The van der Waals surface area contributed by atoms with E-state index < -0.39 is 21.9 Å². The van der Waals surface area contributed by atoms with Crippen molar-refractivity contribution in [3.63, 3.8) is 0 Å². The van der Waals surface area contributed by atoms with Gasteiger partial charge in [-0.25, -0.2) is 8.42 Å². The van der Waals surface area contributed by atoms with Gasteiger partial charge >= 0.3 is 5.97 Å². The molecule has 1 fully saturated rings. The molecule has 4 aromatic rings. The van der Waals surface area contributed by atoms with Crippen molar-refractivity contribution < 1.29 is 22.7 Å². The van der Waals surface area contributed by atoms with Crippen LogP contribution in [0, 0.1) is 5.92 Å². The lowest BCUT2D eigenvalue weighted by Gasteiger charge is -2.29. The minimum atomic E-state index is -3.61. The van der Waals surface area contributed by atoms with Gasteiger partial charge in [0, 0.05) is 24.0 Å². The Morgan fingerprint density at radius 3 is 2.45 bits per heavy atom. The van der Waals surface area contributed by atoms with Gasteiger partial charge in [-0.05, 0) is 61.4 Å². The van der Waals surface area contributed by atoms with Crippen molar-refractivity contribution in [2.24, 2.45) is 10.9 Å². The standard InChI is InChI=1S/C28H29N3O5S2/c1-3-36-25(32)18-31-24-13-10-20-6-4-5-7-23(20)26(24)37-28(31)29-27(33)21-8-11-22(12-9-21)38(34,35)30-16-14-19(2)15-17-30/h4-13,19H,3,14-18H2,1-2H3. The van der Waals surface area contributed by atoms with Crippen molar-refractivity contribution in [3.8, 4) is 0 Å². The fourth-order valence-electron chi connectivity index (χ4n) is 4.67. The molecule has 10 heteroatoms. The van der Waals surface area contributed by atoms with Gasteiger partial charge in [0.05, 0.1) is 21.7 Å². The van der Waals surface area contributed by atoms with E-state index in [0.29, 0.717) is 23.8 Å². The predicted molar refractivity (Wildman–Crippen MR) is 147 cm³/mol. The fraction of sp³-hybridized carbons (Fsp3) is 0.321. The van der Waals surface area contributed by atoms with Gasteiger partial charge in [-0.1, -0.05) is 48.6 Å². The highest BCUT2D eigenvalue weighted by molar-refractivity contribution is 7.89. The molecule has 0 N–H and O–H groups in total.